The number of allylic oxidation sites excluding steroid dienone is 2. The van der Waals surface area contributed by atoms with E-state index in [1.807, 2.05) is 0 Å². The Morgan fingerprint density at radius 3 is 0.769 bits per heavy atom. The van der Waals surface area contributed by atoms with Crippen molar-refractivity contribution in [1.82, 2.24) is 0 Å². The lowest BCUT2D eigenvalue weighted by molar-refractivity contribution is -0.167. The summed E-state index contributed by atoms with van der Waals surface area (Å²) < 4.78 is 16.9. The van der Waals surface area contributed by atoms with Crippen molar-refractivity contribution in [3.63, 3.8) is 0 Å². The van der Waals surface area contributed by atoms with Gasteiger partial charge in [0.15, 0.2) is 6.10 Å². The van der Waals surface area contributed by atoms with Crippen molar-refractivity contribution in [2.75, 3.05) is 13.2 Å². The Kier molecular flexibility index (Phi) is 53.2. The van der Waals surface area contributed by atoms with Gasteiger partial charge < -0.3 is 14.2 Å². The van der Waals surface area contributed by atoms with Gasteiger partial charge in [-0.3, -0.25) is 14.4 Å². The summed E-state index contributed by atoms with van der Waals surface area (Å²) in [7, 11) is 0. The minimum absolute atomic E-state index is 0.0674. The van der Waals surface area contributed by atoms with Crippen molar-refractivity contribution in [3.8, 4) is 0 Å². The third kappa shape index (κ3) is 53.0. The van der Waals surface area contributed by atoms with E-state index in [0.717, 1.165) is 64.2 Å². The van der Waals surface area contributed by atoms with Crippen LogP contribution in [0.15, 0.2) is 12.2 Å². The van der Waals surface area contributed by atoms with Crippen LogP contribution in [0.3, 0.4) is 0 Å². The van der Waals surface area contributed by atoms with Gasteiger partial charge in [0, 0.05) is 19.3 Å². The molecule has 65 heavy (non-hydrogen) atoms. The molecule has 0 heterocycles. The Labute approximate surface area is 405 Å². The SMILES string of the molecule is CCCCCCCC/C=C/CCCCCCCC(=O)OC(COC(=O)CCCCCCCCCCCCCCC)COC(=O)CCCCCCCCCCCCCCCCCCCCC. The summed E-state index contributed by atoms with van der Waals surface area (Å²) >= 11 is 0. The predicted octanol–water partition coefficient (Wildman–Crippen LogP) is 19.3. The molecule has 0 aromatic carbocycles. The van der Waals surface area contributed by atoms with Gasteiger partial charge in [-0.15, -0.1) is 0 Å². The van der Waals surface area contributed by atoms with Crippen LogP contribution in [0.2, 0.25) is 0 Å². The summed E-state index contributed by atoms with van der Waals surface area (Å²) in [6.45, 7) is 6.68. The van der Waals surface area contributed by atoms with Gasteiger partial charge in [0.05, 0.1) is 0 Å². The monoisotopic (exact) mass is 917 g/mol. The van der Waals surface area contributed by atoms with Crippen LogP contribution in [0.4, 0.5) is 0 Å². The third-order valence-electron chi connectivity index (χ3n) is 13.3. The molecule has 384 valence electrons. The lowest BCUT2D eigenvalue weighted by Crippen LogP contribution is -2.30. The molecule has 0 aromatic heterocycles. The molecule has 1 atom stereocenters. The topological polar surface area (TPSA) is 78.9 Å². The maximum Gasteiger partial charge on any atom is 0.306 e. The van der Waals surface area contributed by atoms with Crippen molar-refractivity contribution in [3.05, 3.63) is 12.2 Å². The Morgan fingerprint density at radius 1 is 0.292 bits per heavy atom. The van der Waals surface area contributed by atoms with Crippen LogP contribution < -0.4 is 0 Å². The van der Waals surface area contributed by atoms with Gasteiger partial charge >= 0.3 is 17.9 Å². The van der Waals surface area contributed by atoms with Crippen LogP contribution in [0, 0.1) is 0 Å². The van der Waals surface area contributed by atoms with Crippen molar-refractivity contribution in [2.24, 2.45) is 0 Å². The molecule has 6 nitrogen and oxygen atoms in total. The number of unbranched alkanes of at least 4 members (excludes halogenated alkanes) is 41. The molecule has 0 spiro atoms. The minimum atomic E-state index is -0.768. The smallest absolute Gasteiger partial charge is 0.306 e. The molecule has 1 unspecified atom stereocenters. The average molecular weight is 918 g/mol. The second kappa shape index (κ2) is 54.8. The third-order valence-corrected chi connectivity index (χ3v) is 13.3. The Hall–Kier alpha value is -1.85. The van der Waals surface area contributed by atoms with Gasteiger partial charge in [-0.1, -0.05) is 277 Å². The van der Waals surface area contributed by atoms with E-state index < -0.39 is 6.10 Å². The van der Waals surface area contributed by atoms with E-state index in [1.165, 1.54) is 225 Å². The molecule has 0 rings (SSSR count). The maximum atomic E-state index is 12.8. The van der Waals surface area contributed by atoms with E-state index in [1.54, 1.807) is 0 Å². The molecule has 0 aromatic rings. The first kappa shape index (κ1) is 63.1. The number of hydrogen-bond acceptors (Lipinski definition) is 6. The highest BCUT2D eigenvalue weighted by Crippen LogP contribution is 2.17. The first-order valence-corrected chi connectivity index (χ1v) is 29.2. The molecular formula is C59H112O6. The standard InChI is InChI=1S/C59H112O6/c1-4-7-10-13-16-19-22-25-27-28-29-30-32-34-37-40-43-46-49-52-58(61)64-55-56(54-63-57(60)51-48-45-42-39-36-33-24-21-18-15-12-9-6-3)65-59(62)53-50-47-44-41-38-35-31-26-23-20-17-14-11-8-5-2/h26,31,56H,4-25,27-30,32-55H2,1-3H3/b31-26+. The fourth-order valence-corrected chi connectivity index (χ4v) is 8.85. The van der Waals surface area contributed by atoms with E-state index in [0.29, 0.717) is 19.3 Å². The van der Waals surface area contributed by atoms with Gasteiger partial charge in [-0.25, -0.2) is 0 Å². The molecular weight excluding hydrogens is 805 g/mol. The van der Waals surface area contributed by atoms with Crippen molar-refractivity contribution >= 4 is 17.9 Å². The summed E-state index contributed by atoms with van der Waals surface area (Å²) in [4.78, 5) is 38.1. The normalized spacial score (nSPS) is 12.0. The van der Waals surface area contributed by atoms with Gasteiger partial charge in [0.1, 0.15) is 13.2 Å². The Bertz CT molecular complexity index is 1010. The summed E-state index contributed by atoms with van der Waals surface area (Å²) in [5, 5.41) is 0. The second-order valence-electron chi connectivity index (χ2n) is 19.9. The first-order valence-electron chi connectivity index (χ1n) is 29.2. The van der Waals surface area contributed by atoms with Crippen molar-refractivity contribution in [1.29, 1.82) is 0 Å². The molecule has 0 aliphatic rings. The van der Waals surface area contributed by atoms with E-state index in [4.69, 9.17) is 14.2 Å². The van der Waals surface area contributed by atoms with E-state index >= 15 is 0 Å². The van der Waals surface area contributed by atoms with Crippen molar-refractivity contribution < 1.29 is 28.6 Å². The summed E-state index contributed by atoms with van der Waals surface area (Å²) in [6.07, 6.45) is 62.0. The quantitative estimate of drug-likeness (QED) is 0.0262. The highest BCUT2D eigenvalue weighted by Gasteiger charge is 2.19. The Balaban J connectivity index is 4.29. The highest BCUT2D eigenvalue weighted by molar-refractivity contribution is 5.71. The zero-order chi connectivity index (χ0) is 47.2. The van der Waals surface area contributed by atoms with E-state index in [9.17, 15) is 14.4 Å². The molecule has 0 amide bonds. The van der Waals surface area contributed by atoms with Crippen LogP contribution in [0.1, 0.15) is 329 Å². The van der Waals surface area contributed by atoms with E-state index in [-0.39, 0.29) is 31.1 Å². The fraction of sp³-hybridized carbons (Fsp3) is 0.915. The zero-order valence-corrected chi connectivity index (χ0v) is 44.0. The number of carbonyl (C=O) groups excluding carboxylic acids is 3. The molecule has 0 aliphatic carbocycles. The van der Waals surface area contributed by atoms with Crippen molar-refractivity contribution in [2.45, 2.75) is 335 Å². The second-order valence-corrected chi connectivity index (χ2v) is 19.9. The highest BCUT2D eigenvalue weighted by atomic mass is 16.6. The van der Waals surface area contributed by atoms with Crippen LogP contribution >= 0.6 is 0 Å². The van der Waals surface area contributed by atoms with E-state index in [2.05, 4.69) is 32.9 Å². The average Bonchev–Trinajstić information content (AvgIpc) is 3.30. The number of esters is 3. The fourth-order valence-electron chi connectivity index (χ4n) is 8.85. The largest absolute Gasteiger partial charge is 0.462 e. The summed E-state index contributed by atoms with van der Waals surface area (Å²) in [5.74, 6) is -0.851. The molecule has 0 bridgehead atoms. The molecule has 0 aliphatic heterocycles. The predicted molar refractivity (Wildman–Crippen MR) is 280 cm³/mol. The van der Waals surface area contributed by atoms with Crippen LogP contribution in [0.25, 0.3) is 0 Å². The van der Waals surface area contributed by atoms with Gasteiger partial charge in [0.25, 0.3) is 0 Å². The number of ether oxygens (including phenoxy) is 3. The van der Waals surface area contributed by atoms with Gasteiger partial charge in [-0.05, 0) is 44.9 Å². The molecule has 0 N–H and O–H groups in total. The lowest BCUT2D eigenvalue weighted by Gasteiger charge is -2.18. The number of rotatable bonds is 54. The number of carbonyl (C=O) groups is 3. The van der Waals surface area contributed by atoms with Gasteiger partial charge in [-0.2, -0.15) is 0 Å². The molecule has 0 radical (unpaired) electrons. The van der Waals surface area contributed by atoms with Crippen LogP contribution in [-0.2, 0) is 28.6 Å². The first-order chi connectivity index (χ1) is 32.0. The number of hydrogen-bond donors (Lipinski definition) is 0. The summed E-state index contributed by atoms with van der Waals surface area (Å²) in [6, 6.07) is 0. The van der Waals surface area contributed by atoms with Crippen LogP contribution in [0.5, 0.6) is 0 Å². The molecule has 0 saturated heterocycles. The molecule has 0 fully saturated rings. The minimum Gasteiger partial charge on any atom is -0.462 e. The lowest BCUT2D eigenvalue weighted by atomic mass is 10.0. The van der Waals surface area contributed by atoms with Gasteiger partial charge in [0.2, 0.25) is 0 Å². The molecule has 0 saturated carbocycles. The van der Waals surface area contributed by atoms with Crippen LogP contribution in [-0.4, -0.2) is 37.2 Å². The zero-order valence-electron chi connectivity index (χ0n) is 44.0. The Morgan fingerprint density at radius 2 is 0.508 bits per heavy atom. The molecule has 6 heteroatoms. The summed E-state index contributed by atoms with van der Waals surface area (Å²) in [5.41, 5.74) is 0. The maximum absolute atomic E-state index is 12.8.